The topological polar surface area (TPSA) is 114 Å². The number of amides is 3. The van der Waals surface area contributed by atoms with Crippen molar-refractivity contribution in [2.75, 3.05) is 35.1 Å². The van der Waals surface area contributed by atoms with Crippen molar-refractivity contribution in [1.82, 2.24) is 5.32 Å². The van der Waals surface area contributed by atoms with Crippen molar-refractivity contribution in [3.05, 3.63) is 47.2 Å². The maximum absolute atomic E-state index is 13.7. The molecule has 2 aromatic rings. The molecule has 1 saturated carbocycles. The monoisotopic (exact) mass is 551 g/mol. The van der Waals surface area contributed by atoms with Crippen LogP contribution in [0, 0.1) is 5.82 Å². The molecule has 2 N–H and O–H groups in total. The average molecular weight is 552 g/mol. The summed E-state index contributed by atoms with van der Waals surface area (Å²) >= 11 is 5.90. The summed E-state index contributed by atoms with van der Waals surface area (Å²) in [4.78, 5) is 39.3. The van der Waals surface area contributed by atoms with Crippen molar-refractivity contribution in [3.8, 4) is 11.5 Å². The number of halogens is 2. The van der Waals surface area contributed by atoms with E-state index in [-0.39, 0.29) is 36.0 Å². The summed E-state index contributed by atoms with van der Waals surface area (Å²) in [5.74, 6) is -2.19. The van der Waals surface area contributed by atoms with Gasteiger partial charge in [-0.2, -0.15) is 0 Å². The summed E-state index contributed by atoms with van der Waals surface area (Å²) in [5, 5.41) is 5.33. The molecule has 4 rings (SSSR count). The van der Waals surface area contributed by atoms with E-state index in [1.54, 1.807) is 18.2 Å². The van der Waals surface area contributed by atoms with Crippen LogP contribution in [0.25, 0.3) is 0 Å². The number of ether oxygens (including phenoxy) is 2. The van der Waals surface area contributed by atoms with Gasteiger partial charge >= 0.3 is 0 Å². The molecule has 37 heavy (non-hydrogen) atoms. The fourth-order valence-electron chi connectivity index (χ4n) is 4.22. The average Bonchev–Trinajstić information content (AvgIpc) is 3.32. The first-order valence-electron chi connectivity index (χ1n) is 11.9. The number of carbonyl (C=O) groups is 3. The van der Waals surface area contributed by atoms with Crippen LogP contribution in [0.15, 0.2) is 36.4 Å². The van der Waals surface area contributed by atoms with Gasteiger partial charge in [-0.15, -0.1) is 0 Å². The maximum atomic E-state index is 13.7. The molecule has 198 valence electrons. The van der Waals surface area contributed by atoms with Crippen molar-refractivity contribution >= 4 is 51.5 Å². The van der Waals surface area contributed by atoms with E-state index in [2.05, 4.69) is 10.6 Å². The normalized spacial score (nSPS) is 15.6. The van der Waals surface area contributed by atoms with E-state index in [4.69, 9.17) is 21.1 Å². The van der Waals surface area contributed by atoms with Crippen molar-refractivity contribution in [2.45, 2.75) is 38.1 Å². The summed E-state index contributed by atoms with van der Waals surface area (Å²) in [7, 11) is -1.88. The lowest BCUT2D eigenvalue weighted by Crippen LogP contribution is -2.46. The molecule has 2 aromatic carbocycles. The molecular weight excluding hydrogens is 525 g/mol. The molecule has 12 heteroatoms. The molecule has 0 unspecified atom stereocenters. The van der Waals surface area contributed by atoms with Crippen LogP contribution in [-0.2, 0) is 25.2 Å². The van der Waals surface area contributed by atoms with Crippen LogP contribution in [0.2, 0.25) is 5.02 Å². The van der Waals surface area contributed by atoms with Crippen molar-refractivity contribution < 1.29 is 32.5 Å². The first-order chi connectivity index (χ1) is 17.8. The van der Waals surface area contributed by atoms with Crippen LogP contribution in [0.3, 0.4) is 0 Å². The molecule has 1 aliphatic heterocycles. The van der Waals surface area contributed by atoms with Gasteiger partial charge in [0.25, 0.3) is 0 Å². The molecule has 1 atom stereocenters. The second-order valence-electron chi connectivity index (χ2n) is 8.83. The van der Waals surface area contributed by atoms with Gasteiger partial charge in [-0.25, -0.2) is 4.39 Å². The Morgan fingerprint density at radius 3 is 2.51 bits per heavy atom. The number of hydrogen-bond acceptors (Lipinski definition) is 6. The van der Waals surface area contributed by atoms with Crippen molar-refractivity contribution in [1.29, 1.82) is 0 Å². The third kappa shape index (κ3) is 7.42. The lowest BCUT2D eigenvalue weighted by molar-refractivity contribution is -0.123. The minimum atomic E-state index is -1.88. The highest BCUT2D eigenvalue weighted by atomic mass is 35.5. The SMILES string of the molecule is O=C(C[S@@](=O)CC(=O)N(CC(=O)NC1CCCCC1)c1ccc(F)c(Cl)c1)Nc1ccc2c(c1)OCO2. The first kappa shape index (κ1) is 26.9. The highest BCUT2D eigenvalue weighted by Crippen LogP contribution is 2.34. The number of carbonyl (C=O) groups excluding carboxylic acids is 3. The fourth-order valence-corrected chi connectivity index (χ4v) is 5.30. The standard InChI is InChI=1S/C25H27ClFN3O6S/c26-19-11-18(7-8-20(19)27)30(12-23(31)28-16-4-2-1-3-5-16)25(33)14-37(34)13-24(32)29-17-6-9-21-22(10-17)36-15-35-21/h6-11,16H,1-5,12-15H2,(H,28,31)(H,29,32)/t37-/m1/s1. The van der Waals surface area contributed by atoms with Gasteiger partial charge in [0.15, 0.2) is 11.5 Å². The lowest BCUT2D eigenvalue weighted by Gasteiger charge is -2.26. The van der Waals surface area contributed by atoms with Gasteiger partial charge in [-0.05, 0) is 43.2 Å². The predicted molar refractivity (Wildman–Crippen MR) is 138 cm³/mol. The number of benzene rings is 2. The van der Waals surface area contributed by atoms with Crippen LogP contribution in [0.5, 0.6) is 11.5 Å². The summed E-state index contributed by atoms with van der Waals surface area (Å²) in [5.41, 5.74) is 0.622. The zero-order chi connectivity index (χ0) is 26.4. The second-order valence-corrected chi connectivity index (χ2v) is 10.7. The largest absolute Gasteiger partial charge is 0.454 e. The number of hydrogen-bond donors (Lipinski definition) is 2. The number of nitrogens with one attached hydrogen (secondary N) is 2. The van der Waals surface area contributed by atoms with Crippen LogP contribution >= 0.6 is 11.6 Å². The van der Waals surface area contributed by atoms with Crippen LogP contribution in [0.1, 0.15) is 32.1 Å². The van der Waals surface area contributed by atoms with E-state index < -0.39 is 39.9 Å². The van der Waals surface area contributed by atoms with Crippen molar-refractivity contribution in [2.24, 2.45) is 0 Å². The molecule has 0 bridgehead atoms. The minimum absolute atomic E-state index is 0.0315. The number of fused-ring (bicyclic) bond motifs is 1. The molecular formula is C25H27ClFN3O6S. The van der Waals surface area contributed by atoms with Gasteiger partial charge in [0.1, 0.15) is 23.9 Å². The van der Waals surface area contributed by atoms with Gasteiger partial charge < -0.3 is 25.0 Å². The molecule has 1 fully saturated rings. The van der Waals surface area contributed by atoms with E-state index in [0.717, 1.165) is 43.1 Å². The zero-order valence-corrected chi connectivity index (χ0v) is 21.5. The highest BCUT2D eigenvalue weighted by Gasteiger charge is 2.25. The van der Waals surface area contributed by atoms with Crippen LogP contribution in [-0.4, -0.2) is 52.8 Å². The molecule has 1 aliphatic carbocycles. The van der Waals surface area contributed by atoms with Crippen molar-refractivity contribution in [3.63, 3.8) is 0 Å². The Morgan fingerprint density at radius 2 is 1.76 bits per heavy atom. The third-order valence-corrected chi connectivity index (χ3v) is 7.46. The summed E-state index contributed by atoms with van der Waals surface area (Å²) in [6, 6.07) is 8.52. The Kier molecular flexibility index (Phi) is 8.99. The summed E-state index contributed by atoms with van der Waals surface area (Å²) in [6.45, 7) is -0.259. The Labute approximate surface area is 221 Å². The molecule has 0 saturated heterocycles. The zero-order valence-electron chi connectivity index (χ0n) is 20.0. The Hall–Kier alpha value is -3.18. The van der Waals surface area contributed by atoms with E-state index in [1.807, 2.05) is 0 Å². The van der Waals surface area contributed by atoms with Gasteiger partial charge in [-0.3, -0.25) is 18.6 Å². The fraction of sp³-hybridized carbons (Fsp3) is 0.400. The molecule has 1 heterocycles. The predicted octanol–water partition coefficient (Wildman–Crippen LogP) is 3.38. The quantitative estimate of drug-likeness (QED) is 0.494. The van der Waals surface area contributed by atoms with Crippen LogP contribution in [0.4, 0.5) is 15.8 Å². The van der Waals surface area contributed by atoms with E-state index >= 15 is 0 Å². The molecule has 2 aliphatic rings. The van der Waals surface area contributed by atoms with Gasteiger partial charge in [0.2, 0.25) is 24.5 Å². The Balaban J connectivity index is 1.38. The number of anilines is 2. The second kappa shape index (κ2) is 12.4. The maximum Gasteiger partial charge on any atom is 0.240 e. The highest BCUT2D eigenvalue weighted by molar-refractivity contribution is 7.86. The first-order valence-corrected chi connectivity index (χ1v) is 13.7. The molecule has 0 radical (unpaired) electrons. The Morgan fingerprint density at radius 1 is 1.00 bits per heavy atom. The van der Waals surface area contributed by atoms with E-state index in [0.29, 0.717) is 17.2 Å². The molecule has 0 aromatic heterocycles. The summed E-state index contributed by atoms with van der Waals surface area (Å²) in [6.07, 6.45) is 4.90. The smallest absolute Gasteiger partial charge is 0.240 e. The summed E-state index contributed by atoms with van der Waals surface area (Å²) < 4.78 is 36.9. The van der Waals surface area contributed by atoms with E-state index in [9.17, 15) is 23.0 Å². The van der Waals surface area contributed by atoms with Gasteiger partial charge in [0, 0.05) is 34.3 Å². The minimum Gasteiger partial charge on any atom is -0.454 e. The number of rotatable bonds is 9. The third-order valence-electron chi connectivity index (χ3n) is 6.02. The van der Waals surface area contributed by atoms with Gasteiger partial charge in [-0.1, -0.05) is 30.9 Å². The molecule has 0 spiro atoms. The molecule has 3 amide bonds. The molecule has 9 nitrogen and oxygen atoms in total. The Bertz CT molecular complexity index is 1210. The van der Waals surface area contributed by atoms with Crippen LogP contribution < -0.4 is 25.0 Å². The van der Waals surface area contributed by atoms with Gasteiger partial charge in [0.05, 0.1) is 5.02 Å². The lowest BCUT2D eigenvalue weighted by atomic mass is 9.95. The number of nitrogens with zero attached hydrogens (tertiary/aromatic N) is 1. The van der Waals surface area contributed by atoms with E-state index in [1.165, 1.54) is 12.1 Å².